The van der Waals surface area contributed by atoms with E-state index in [-0.39, 0.29) is 18.0 Å². The molecule has 94 valence electrons. The van der Waals surface area contributed by atoms with Crippen molar-refractivity contribution in [1.82, 2.24) is 4.90 Å². The minimum absolute atomic E-state index is 0.0282. The van der Waals surface area contributed by atoms with Crippen LogP contribution in [0.5, 0.6) is 0 Å². The van der Waals surface area contributed by atoms with Crippen molar-refractivity contribution < 1.29 is 13.2 Å². The minimum Gasteiger partial charge on any atom is -0.339 e. The van der Waals surface area contributed by atoms with Crippen molar-refractivity contribution in [2.24, 2.45) is 5.73 Å². The third-order valence-corrected chi connectivity index (χ3v) is 4.68. The monoisotopic (exact) mass is 248 g/mol. The molecule has 1 rings (SSSR count). The number of sulfone groups is 1. The summed E-state index contributed by atoms with van der Waals surface area (Å²) in [6.07, 6.45) is 2.57. The van der Waals surface area contributed by atoms with Gasteiger partial charge in [0, 0.05) is 24.9 Å². The first-order valence-corrected chi connectivity index (χ1v) is 7.44. The lowest BCUT2D eigenvalue weighted by Crippen LogP contribution is -2.52. The average Bonchev–Trinajstić information content (AvgIpc) is 2.14. The molecule has 5 nitrogen and oxygen atoms in total. The third-order valence-electron chi connectivity index (χ3n) is 3.19. The summed E-state index contributed by atoms with van der Waals surface area (Å²) in [4.78, 5) is 13.6. The molecular weight excluding hydrogens is 228 g/mol. The number of carbonyl (C=O) groups excluding carboxylic acids is 1. The van der Waals surface area contributed by atoms with Gasteiger partial charge in [-0.1, -0.05) is 0 Å². The highest BCUT2D eigenvalue weighted by molar-refractivity contribution is 7.92. The van der Waals surface area contributed by atoms with E-state index < -0.39 is 15.1 Å². The summed E-state index contributed by atoms with van der Waals surface area (Å²) >= 11 is 0. The van der Waals surface area contributed by atoms with Crippen molar-refractivity contribution in [2.45, 2.75) is 44.0 Å². The number of hydrogen-bond donors (Lipinski definition) is 1. The van der Waals surface area contributed by atoms with Crippen molar-refractivity contribution in [2.75, 3.05) is 12.8 Å². The Morgan fingerprint density at radius 1 is 1.50 bits per heavy atom. The molecule has 0 radical (unpaired) electrons. The smallest absolute Gasteiger partial charge is 0.240 e. The molecule has 1 fully saturated rings. The first-order valence-electron chi connectivity index (χ1n) is 5.48. The molecule has 1 heterocycles. The maximum atomic E-state index is 12.0. The molecule has 0 spiro atoms. The zero-order valence-electron chi connectivity index (χ0n) is 10.0. The van der Waals surface area contributed by atoms with E-state index in [2.05, 4.69) is 0 Å². The number of carbonyl (C=O) groups is 1. The number of piperidine rings is 1. The molecule has 16 heavy (non-hydrogen) atoms. The first kappa shape index (κ1) is 13.4. The highest BCUT2D eigenvalue weighted by Gasteiger charge is 2.33. The van der Waals surface area contributed by atoms with Crippen LogP contribution in [0.4, 0.5) is 0 Å². The summed E-state index contributed by atoms with van der Waals surface area (Å²) in [7, 11) is -3.31. The topological polar surface area (TPSA) is 80.5 Å². The predicted octanol–water partition coefficient (Wildman–Crippen LogP) is -0.242. The van der Waals surface area contributed by atoms with E-state index in [4.69, 9.17) is 5.73 Å². The molecule has 3 atom stereocenters. The Morgan fingerprint density at radius 2 is 2.06 bits per heavy atom. The fourth-order valence-electron chi connectivity index (χ4n) is 1.95. The lowest BCUT2D eigenvalue weighted by atomic mass is 9.99. The molecule has 0 aromatic heterocycles. The molecule has 1 aliphatic heterocycles. The summed E-state index contributed by atoms with van der Waals surface area (Å²) in [5.41, 5.74) is 5.79. The van der Waals surface area contributed by atoms with Gasteiger partial charge in [-0.05, 0) is 26.7 Å². The molecule has 1 aliphatic rings. The van der Waals surface area contributed by atoms with Crippen molar-refractivity contribution in [1.29, 1.82) is 0 Å². The lowest BCUT2D eigenvalue weighted by molar-refractivity contribution is -0.133. The highest BCUT2D eigenvalue weighted by Crippen LogP contribution is 2.18. The Hall–Kier alpha value is -0.620. The van der Waals surface area contributed by atoms with Gasteiger partial charge < -0.3 is 10.6 Å². The van der Waals surface area contributed by atoms with Crippen LogP contribution in [-0.2, 0) is 14.6 Å². The van der Waals surface area contributed by atoms with Crippen molar-refractivity contribution in [3.63, 3.8) is 0 Å². The summed E-state index contributed by atoms with van der Waals surface area (Å²) in [6.45, 7) is 3.91. The molecular formula is C10H20N2O3S. The van der Waals surface area contributed by atoms with E-state index in [0.717, 1.165) is 19.1 Å². The summed E-state index contributed by atoms with van der Waals surface area (Å²) in [6, 6.07) is 0.146. The fraction of sp³-hybridized carbons (Fsp3) is 0.900. The molecule has 0 aromatic rings. The van der Waals surface area contributed by atoms with Crippen LogP contribution < -0.4 is 5.73 Å². The lowest BCUT2D eigenvalue weighted by Gasteiger charge is -2.37. The van der Waals surface area contributed by atoms with Gasteiger partial charge in [0.1, 0.15) is 5.25 Å². The number of amides is 1. The van der Waals surface area contributed by atoms with Crippen molar-refractivity contribution >= 4 is 15.7 Å². The van der Waals surface area contributed by atoms with Crippen molar-refractivity contribution in [3.05, 3.63) is 0 Å². The molecule has 1 amide bonds. The van der Waals surface area contributed by atoms with Gasteiger partial charge in [-0.15, -0.1) is 0 Å². The van der Waals surface area contributed by atoms with Gasteiger partial charge in [-0.3, -0.25) is 4.79 Å². The molecule has 2 N–H and O–H groups in total. The molecule has 0 bridgehead atoms. The van der Waals surface area contributed by atoms with E-state index in [1.165, 1.54) is 6.92 Å². The standard InChI is InChI=1S/C10H20N2O3S/c1-7-6-9(11)4-5-12(7)10(13)8(2)16(3,14)15/h7-9H,4-6,11H2,1-3H3. The third kappa shape index (κ3) is 2.95. The molecule has 1 saturated heterocycles. The summed E-state index contributed by atoms with van der Waals surface area (Å²) < 4.78 is 22.6. The number of nitrogens with two attached hydrogens (primary N) is 1. The maximum absolute atomic E-state index is 12.0. The van der Waals surface area contributed by atoms with Gasteiger partial charge >= 0.3 is 0 Å². The van der Waals surface area contributed by atoms with Crippen LogP contribution in [0, 0.1) is 0 Å². The number of likely N-dealkylation sites (tertiary alicyclic amines) is 1. The van der Waals surface area contributed by atoms with Gasteiger partial charge in [-0.2, -0.15) is 0 Å². The second-order valence-corrected chi connectivity index (χ2v) is 7.00. The van der Waals surface area contributed by atoms with Gasteiger partial charge in [0.15, 0.2) is 9.84 Å². The van der Waals surface area contributed by atoms with Gasteiger partial charge in [0.05, 0.1) is 0 Å². The second-order valence-electron chi connectivity index (χ2n) is 4.64. The molecule has 0 aromatic carbocycles. The Kier molecular flexibility index (Phi) is 3.96. The van der Waals surface area contributed by atoms with Gasteiger partial charge in [0.2, 0.25) is 5.91 Å². The SMILES string of the molecule is CC1CC(N)CCN1C(=O)C(C)S(C)(=O)=O. The van der Waals surface area contributed by atoms with E-state index >= 15 is 0 Å². The second kappa shape index (κ2) is 4.71. The quantitative estimate of drug-likeness (QED) is 0.731. The fourth-order valence-corrected chi connectivity index (χ4v) is 2.45. The Morgan fingerprint density at radius 3 is 2.50 bits per heavy atom. The highest BCUT2D eigenvalue weighted by atomic mass is 32.2. The van der Waals surface area contributed by atoms with E-state index in [0.29, 0.717) is 6.54 Å². The van der Waals surface area contributed by atoms with Crippen LogP contribution in [0.3, 0.4) is 0 Å². The summed E-state index contributed by atoms with van der Waals surface area (Å²) in [5, 5.41) is -0.954. The van der Waals surface area contributed by atoms with Crippen LogP contribution in [0.25, 0.3) is 0 Å². The Bertz CT molecular complexity index is 366. The maximum Gasteiger partial charge on any atom is 0.240 e. The minimum atomic E-state index is -3.31. The van der Waals surface area contributed by atoms with E-state index in [9.17, 15) is 13.2 Å². The van der Waals surface area contributed by atoms with Gasteiger partial charge in [-0.25, -0.2) is 8.42 Å². The zero-order chi connectivity index (χ0) is 12.5. The number of nitrogens with zero attached hydrogens (tertiary/aromatic N) is 1. The van der Waals surface area contributed by atoms with E-state index in [1.54, 1.807) is 4.90 Å². The molecule has 0 saturated carbocycles. The normalized spacial score (nSPS) is 28.9. The zero-order valence-corrected chi connectivity index (χ0v) is 10.8. The molecule has 0 aliphatic carbocycles. The predicted molar refractivity (Wildman–Crippen MR) is 62.7 cm³/mol. The van der Waals surface area contributed by atoms with Crippen LogP contribution in [0.15, 0.2) is 0 Å². The van der Waals surface area contributed by atoms with Crippen LogP contribution in [0.2, 0.25) is 0 Å². The number of rotatable bonds is 2. The van der Waals surface area contributed by atoms with Crippen LogP contribution in [0.1, 0.15) is 26.7 Å². The Labute approximate surface area is 96.9 Å². The average molecular weight is 248 g/mol. The van der Waals surface area contributed by atoms with E-state index in [1.807, 2.05) is 6.92 Å². The van der Waals surface area contributed by atoms with Crippen LogP contribution >= 0.6 is 0 Å². The van der Waals surface area contributed by atoms with Crippen molar-refractivity contribution in [3.8, 4) is 0 Å². The van der Waals surface area contributed by atoms with Gasteiger partial charge in [0.25, 0.3) is 0 Å². The largest absolute Gasteiger partial charge is 0.339 e. The van der Waals surface area contributed by atoms with Crippen LogP contribution in [-0.4, -0.2) is 49.4 Å². The molecule has 3 unspecified atom stereocenters. The Balaban J connectivity index is 2.75. The first-order chi connectivity index (χ1) is 7.23. The molecule has 6 heteroatoms. The number of hydrogen-bond acceptors (Lipinski definition) is 4. The summed E-state index contributed by atoms with van der Waals surface area (Å²) in [5.74, 6) is -0.304.